The first-order valence-electron chi connectivity index (χ1n) is 7.18. The van der Waals surface area contributed by atoms with Crippen molar-refractivity contribution in [2.75, 3.05) is 12.3 Å². The molecule has 0 fully saturated rings. The molecule has 0 aromatic carbocycles. The fraction of sp³-hybridized carbons (Fsp3) is 0.500. The lowest BCUT2D eigenvalue weighted by Crippen LogP contribution is -2.49. The van der Waals surface area contributed by atoms with E-state index in [1.54, 1.807) is 0 Å². The van der Waals surface area contributed by atoms with Crippen molar-refractivity contribution in [3.63, 3.8) is 0 Å². The van der Waals surface area contributed by atoms with E-state index in [1.807, 2.05) is 0 Å². The van der Waals surface area contributed by atoms with E-state index in [2.05, 4.69) is 17.9 Å². The Kier molecular flexibility index (Phi) is 10.1. The predicted molar refractivity (Wildman–Crippen MR) is 89.8 cm³/mol. The molecule has 0 aliphatic rings. The highest BCUT2D eigenvalue weighted by molar-refractivity contribution is 7.80. The van der Waals surface area contributed by atoms with Gasteiger partial charge in [0.25, 0.3) is 0 Å². The van der Waals surface area contributed by atoms with Crippen molar-refractivity contribution in [2.45, 2.75) is 31.8 Å². The number of carbonyl (C=O) groups is 5. The summed E-state index contributed by atoms with van der Waals surface area (Å²) >= 11 is 3.95. The van der Waals surface area contributed by atoms with Gasteiger partial charge in [-0.3, -0.25) is 24.0 Å². The third kappa shape index (κ3) is 9.47. The molecule has 0 aromatic heterocycles. The maximum absolute atomic E-state index is 12.3. The van der Waals surface area contributed by atoms with Gasteiger partial charge in [-0.05, 0) is 19.4 Å². The molecular weight excluding hydrogens is 354 g/mol. The van der Waals surface area contributed by atoms with E-state index in [0.29, 0.717) is 0 Å². The molecule has 25 heavy (non-hydrogen) atoms. The number of carbonyl (C=O) groups excluding carboxylic acids is 3. The van der Waals surface area contributed by atoms with E-state index in [0.717, 1.165) is 17.2 Å². The number of hydrogen-bond acceptors (Lipinski definition) is 7. The topological polar surface area (TPSA) is 167 Å². The highest BCUT2D eigenvalue weighted by Crippen LogP contribution is 2.02. The van der Waals surface area contributed by atoms with Gasteiger partial charge in [-0.2, -0.15) is 12.6 Å². The van der Waals surface area contributed by atoms with Gasteiger partial charge in [0.2, 0.25) is 11.8 Å². The Hall–Kier alpha value is -2.40. The van der Waals surface area contributed by atoms with Gasteiger partial charge in [0.15, 0.2) is 5.78 Å². The first kappa shape index (κ1) is 22.6. The molecule has 2 amide bonds. The minimum atomic E-state index is -1.31. The number of carboxylic acid groups (broad SMARTS) is 2. The molecule has 2 unspecified atom stereocenters. The van der Waals surface area contributed by atoms with Crippen LogP contribution in [-0.2, 0) is 24.0 Å². The summed E-state index contributed by atoms with van der Waals surface area (Å²) in [7, 11) is 0. The second kappa shape index (κ2) is 11.2. The summed E-state index contributed by atoms with van der Waals surface area (Å²) in [6.07, 6.45) is 1.68. The Morgan fingerprint density at radius 1 is 1.24 bits per heavy atom. The molecule has 0 bridgehead atoms. The lowest BCUT2D eigenvalue weighted by molar-refractivity contribution is -0.143. The summed E-state index contributed by atoms with van der Waals surface area (Å²) in [4.78, 5) is 57.3. The molecule has 0 heterocycles. The summed E-state index contributed by atoms with van der Waals surface area (Å²) in [5, 5.41) is 19.8. The summed E-state index contributed by atoms with van der Waals surface area (Å²) < 4.78 is 0. The van der Waals surface area contributed by atoms with E-state index in [9.17, 15) is 24.0 Å². The standard InChI is InChI=1S/C14H21N3O7S/c1-8(18)4-5-17(6-12(20)21)13(22)10(7-25)16-11(19)3-2-9(15)14(23)24/h4-5,9-10,25H,2-3,6-7,15H2,1H3,(H,16,19)(H,20,21)(H,23,24). The second-order valence-corrected chi connectivity index (χ2v) is 5.44. The van der Waals surface area contributed by atoms with Crippen LogP contribution in [0.4, 0.5) is 0 Å². The maximum Gasteiger partial charge on any atom is 0.323 e. The molecule has 0 spiro atoms. The summed E-state index contributed by atoms with van der Waals surface area (Å²) in [5.74, 6) is -4.48. The van der Waals surface area contributed by atoms with Gasteiger partial charge in [0.05, 0.1) is 0 Å². The van der Waals surface area contributed by atoms with Crippen LogP contribution in [0.15, 0.2) is 12.3 Å². The molecule has 0 saturated heterocycles. The third-order valence-corrected chi connectivity index (χ3v) is 3.26. The molecule has 0 rings (SSSR count). The average molecular weight is 375 g/mol. The first-order valence-corrected chi connectivity index (χ1v) is 7.81. The molecule has 0 radical (unpaired) electrons. The molecule has 10 nitrogen and oxygen atoms in total. The van der Waals surface area contributed by atoms with Crippen LogP contribution in [-0.4, -0.2) is 69.0 Å². The third-order valence-electron chi connectivity index (χ3n) is 2.89. The zero-order valence-electron chi connectivity index (χ0n) is 13.5. The Labute approximate surface area is 149 Å². The highest BCUT2D eigenvalue weighted by Gasteiger charge is 2.25. The number of nitrogens with two attached hydrogens (primary N) is 1. The Bertz CT molecular complexity index is 565. The number of rotatable bonds is 11. The van der Waals surface area contributed by atoms with Gasteiger partial charge in [-0.1, -0.05) is 0 Å². The minimum absolute atomic E-state index is 0.125. The molecule has 140 valence electrons. The maximum atomic E-state index is 12.3. The van der Waals surface area contributed by atoms with Crippen LogP contribution >= 0.6 is 12.6 Å². The largest absolute Gasteiger partial charge is 0.480 e. The first-order chi connectivity index (χ1) is 11.6. The summed E-state index contributed by atoms with van der Waals surface area (Å²) in [6.45, 7) is 0.524. The van der Waals surface area contributed by atoms with Gasteiger partial charge in [-0.15, -0.1) is 0 Å². The molecule has 0 aromatic rings. The molecule has 11 heteroatoms. The van der Waals surface area contributed by atoms with Crippen LogP contribution in [0.2, 0.25) is 0 Å². The smallest absolute Gasteiger partial charge is 0.323 e. The second-order valence-electron chi connectivity index (χ2n) is 5.07. The molecule has 0 aliphatic heterocycles. The van der Waals surface area contributed by atoms with Crippen LogP contribution < -0.4 is 11.1 Å². The van der Waals surface area contributed by atoms with Crippen LogP contribution in [0.5, 0.6) is 0 Å². The number of amides is 2. The van der Waals surface area contributed by atoms with E-state index >= 15 is 0 Å². The molecule has 0 saturated carbocycles. The number of aliphatic carboxylic acids is 2. The van der Waals surface area contributed by atoms with Crippen LogP contribution in [0, 0.1) is 0 Å². The number of nitrogens with one attached hydrogen (secondary N) is 1. The fourth-order valence-electron chi connectivity index (χ4n) is 1.61. The Morgan fingerprint density at radius 3 is 2.28 bits per heavy atom. The number of hydrogen-bond donors (Lipinski definition) is 5. The van der Waals surface area contributed by atoms with Crippen molar-refractivity contribution < 1.29 is 34.2 Å². The number of allylic oxidation sites excluding steroid dienone is 1. The fourth-order valence-corrected chi connectivity index (χ4v) is 1.85. The lowest BCUT2D eigenvalue weighted by atomic mass is 10.1. The van der Waals surface area contributed by atoms with E-state index < -0.39 is 48.2 Å². The molecule has 0 aliphatic carbocycles. The quantitative estimate of drug-likeness (QED) is 0.217. The predicted octanol–water partition coefficient (Wildman–Crippen LogP) is -1.39. The zero-order chi connectivity index (χ0) is 19.6. The van der Waals surface area contributed by atoms with Crippen LogP contribution in [0.3, 0.4) is 0 Å². The van der Waals surface area contributed by atoms with Gasteiger partial charge < -0.3 is 26.2 Å². The van der Waals surface area contributed by atoms with Gasteiger partial charge in [0, 0.05) is 18.4 Å². The lowest BCUT2D eigenvalue weighted by Gasteiger charge is -2.23. The molecular formula is C14H21N3O7S. The van der Waals surface area contributed by atoms with Crippen molar-refractivity contribution in [3.05, 3.63) is 12.3 Å². The number of carboxylic acids is 2. The zero-order valence-corrected chi connectivity index (χ0v) is 14.4. The number of ketones is 1. The average Bonchev–Trinajstić information content (AvgIpc) is 2.52. The van der Waals surface area contributed by atoms with Gasteiger partial charge in [-0.25, -0.2) is 0 Å². The van der Waals surface area contributed by atoms with Crippen LogP contribution in [0.25, 0.3) is 0 Å². The summed E-state index contributed by atoms with van der Waals surface area (Å²) in [6, 6.07) is -2.36. The Balaban J connectivity index is 4.93. The summed E-state index contributed by atoms with van der Waals surface area (Å²) in [5.41, 5.74) is 5.28. The van der Waals surface area contributed by atoms with Crippen molar-refractivity contribution in [2.24, 2.45) is 5.73 Å². The SMILES string of the molecule is CC(=O)C=CN(CC(=O)O)C(=O)C(CS)NC(=O)CCC(N)C(=O)O. The van der Waals surface area contributed by atoms with E-state index in [-0.39, 0.29) is 18.6 Å². The van der Waals surface area contributed by atoms with Crippen molar-refractivity contribution in [1.29, 1.82) is 0 Å². The minimum Gasteiger partial charge on any atom is -0.480 e. The van der Waals surface area contributed by atoms with Crippen molar-refractivity contribution in [1.82, 2.24) is 10.2 Å². The molecule has 2 atom stereocenters. The van der Waals surface area contributed by atoms with E-state index in [4.69, 9.17) is 15.9 Å². The van der Waals surface area contributed by atoms with Gasteiger partial charge >= 0.3 is 11.9 Å². The van der Waals surface area contributed by atoms with Crippen molar-refractivity contribution in [3.8, 4) is 0 Å². The number of nitrogens with zero attached hydrogens (tertiary/aromatic N) is 1. The molecule has 5 N–H and O–H groups in total. The van der Waals surface area contributed by atoms with Crippen LogP contribution in [0.1, 0.15) is 19.8 Å². The van der Waals surface area contributed by atoms with Gasteiger partial charge in [0.1, 0.15) is 18.6 Å². The monoisotopic (exact) mass is 375 g/mol. The van der Waals surface area contributed by atoms with Crippen molar-refractivity contribution >= 4 is 42.2 Å². The Morgan fingerprint density at radius 2 is 1.84 bits per heavy atom. The number of thiol groups is 1. The normalized spacial score (nSPS) is 13.1. The van der Waals surface area contributed by atoms with E-state index in [1.165, 1.54) is 6.92 Å². The highest BCUT2D eigenvalue weighted by atomic mass is 32.1.